The average Bonchev–Trinajstić information content (AvgIpc) is 2.82. The van der Waals surface area contributed by atoms with Crippen molar-refractivity contribution in [3.05, 3.63) is 17.7 Å². The van der Waals surface area contributed by atoms with Gasteiger partial charge in [0.05, 0.1) is 5.56 Å². The van der Waals surface area contributed by atoms with E-state index >= 15 is 0 Å². The van der Waals surface area contributed by atoms with E-state index in [1.165, 1.54) is 0 Å². The van der Waals surface area contributed by atoms with Crippen LogP contribution in [0.5, 0.6) is 0 Å². The Morgan fingerprint density at radius 3 is 2.45 bits per heavy atom. The van der Waals surface area contributed by atoms with Crippen molar-refractivity contribution in [1.29, 1.82) is 0 Å². The molecule has 1 aliphatic heterocycles. The number of anilines is 2. The number of hydrogen-bond acceptors (Lipinski definition) is 3. The molecule has 0 radical (unpaired) electrons. The zero-order valence-corrected chi connectivity index (χ0v) is 11.8. The van der Waals surface area contributed by atoms with Gasteiger partial charge in [0.15, 0.2) is 0 Å². The van der Waals surface area contributed by atoms with Gasteiger partial charge in [-0.05, 0) is 36.8 Å². The standard InChI is InChI=1S/C14H20F3N3/c1-3-13(4-2)5-6-20(9-13)12-8-10(14(15,16)17)7-11(18)19-12/h7-8H,3-6,9H2,1-2H3,(H2,18,19). The third-order valence-corrected chi connectivity index (χ3v) is 4.42. The highest BCUT2D eigenvalue weighted by Gasteiger charge is 2.37. The molecule has 3 nitrogen and oxygen atoms in total. The normalized spacial score (nSPS) is 18.6. The maximum Gasteiger partial charge on any atom is 0.416 e. The quantitative estimate of drug-likeness (QED) is 0.921. The molecule has 1 saturated heterocycles. The van der Waals surface area contributed by atoms with E-state index in [0.29, 0.717) is 5.82 Å². The van der Waals surface area contributed by atoms with Crippen molar-refractivity contribution < 1.29 is 13.2 Å². The van der Waals surface area contributed by atoms with Crippen molar-refractivity contribution in [3.63, 3.8) is 0 Å². The Kier molecular flexibility index (Phi) is 3.84. The first-order chi connectivity index (χ1) is 9.29. The van der Waals surface area contributed by atoms with E-state index in [1.54, 1.807) is 0 Å². The lowest BCUT2D eigenvalue weighted by atomic mass is 9.82. The summed E-state index contributed by atoms with van der Waals surface area (Å²) in [6.45, 7) is 5.73. The molecule has 1 aromatic heterocycles. The summed E-state index contributed by atoms with van der Waals surface area (Å²) in [6, 6.07) is 1.98. The first kappa shape index (κ1) is 14.9. The molecular formula is C14H20F3N3. The Morgan fingerprint density at radius 2 is 1.95 bits per heavy atom. The Hall–Kier alpha value is -1.46. The monoisotopic (exact) mass is 287 g/mol. The summed E-state index contributed by atoms with van der Waals surface area (Å²) >= 11 is 0. The van der Waals surface area contributed by atoms with Gasteiger partial charge in [-0.1, -0.05) is 13.8 Å². The molecule has 6 heteroatoms. The topological polar surface area (TPSA) is 42.1 Å². The lowest BCUT2D eigenvalue weighted by Crippen LogP contribution is -2.27. The van der Waals surface area contributed by atoms with Crippen LogP contribution in [0, 0.1) is 5.41 Å². The van der Waals surface area contributed by atoms with Gasteiger partial charge in [-0.2, -0.15) is 13.2 Å². The highest BCUT2D eigenvalue weighted by atomic mass is 19.4. The van der Waals surface area contributed by atoms with Crippen LogP contribution in [0.2, 0.25) is 0 Å². The zero-order chi connectivity index (χ0) is 15.0. The fourth-order valence-corrected chi connectivity index (χ4v) is 2.82. The SMILES string of the molecule is CCC1(CC)CCN(c2cc(C(F)(F)F)cc(N)n2)C1. The van der Waals surface area contributed by atoms with Crippen molar-refractivity contribution in [3.8, 4) is 0 Å². The summed E-state index contributed by atoms with van der Waals surface area (Å²) in [6.07, 6.45) is -1.36. The number of nitrogen functional groups attached to an aromatic ring is 1. The smallest absolute Gasteiger partial charge is 0.384 e. The van der Waals surface area contributed by atoms with E-state index in [1.807, 2.05) is 4.90 Å². The third kappa shape index (κ3) is 2.83. The van der Waals surface area contributed by atoms with Gasteiger partial charge in [0, 0.05) is 13.1 Å². The largest absolute Gasteiger partial charge is 0.416 e. The summed E-state index contributed by atoms with van der Waals surface area (Å²) in [5.74, 6) is 0.251. The van der Waals surface area contributed by atoms with Gasteiger partial charge >= 0.3 is 6.18 Å². The van der Waals surface area contributed by atoms with Crippen LogP contribution >= 0.6 is 0 Å². The molecule has 1 fully saturated rings. The minimum atomic E-state index is -4.39. The maximum atomic E-state index is 12.8. The molecule has 1 aliphatic rings. The van der Waals surface area contributed by atoms with Crippen molar-refractivity contribution in [1.82, 2.24) is 4.98 Å². The first-order valence-corrected chi connectivity index (χ1v) is 6.89. The molecular weight excluding hydrogens is 267 g/mol. The second kappa shape index (κ2) is 5.14. The molecule has 0 aliphatic carbocycles. The Labute approximate surface area is 117 Å². The van der Waals surface area contributed by atoms with E-state index in [9.17, 15) is 13.2 Å². The number of alkyl halides is 3. The van der Waals surface area contributed by atoms with Crippen molar-refractivity contribution in [2.45, 2.75) is 39.3 Å². The second-order valence-electron chi connectivity index (χ2n) is 5.52. The summed E-state index contributed by atoms with van der Waals surface area (Å²) in [4.78, 5) is 5.98. The molecule has 20 heavy (non-hydrogen) atoms. The number of halogens is 3. The number of pyridine rings is 1. The number of hydrogen-bond donors (Lipinski definition) is 1. The van der Waals surface area contributed by atoms with Gasteiger partial charge < -0.3 is 10.6 Å². The highest BCUT2D eigenvalue weighted by molar-refractivity contribution is 5.50. The number of rotatable bonds is 3. The molecule has 112 valence electrons. The zero-order valence-electron chi connectivity index (χ0n) is 11.8. The lowest BCUT2D eigenvalue weighted by Gasteiger charge is -2.27. The minimum absolute atomic E-state index is 0.0830. The van der Waals surface area contributed by atoms with E-state index in [4.69, 9.17) is 5.73 Å². The van der Waals surface area contributed by atoms with Crippen molar-refractivity contribution >= 4 is 11.6 Å². The van der Waals surface area contributed by atoms with E-state index < -0.39 is 11.7 Å². The van der Waals surface area contributed by atoms with Gasteiger partial charge in [-0.25, -0.2) is 4.98 Å². The number of aromatic nitrogens is 1. The Bertz CT molecular complexity index is 481. The van der Waals surface area contributed by atoms with Crippen molar-refractivity contribution in [2.24, 2.45) is 5.41 Å². The van der Waals surface area contributed by atoms with Gasteiger partial charge in [-0.3, -0.25) is 0 Å². The average molecular weight is 287 g/mol. The molecule has 0 bridgehead atoms. The lowest BCUT2D eigenvalue weighted by molar-refractivity contribution is -0.137. The van der Waals surface area contributed by atoms with Gasteiger partial charge in [0.1, 0.15) is 11.6 Å². The van der Waals surface area contributed by atoms with Gasteiger partial charge in [0.25, 0.3) is 0 Å². The maximum absolute atomic E-state index is 12.8. The number of nitrogens with two attached hydrogens (primary N) is 1. The van der Waals surface area contributed by atoms with Crippen LogP contribution in [0.4, 0.5) is 24.8 Å². The molecule has 0 aromatic carbocycles. The van der Waals surface area contributed by atoms with Crippen molar-refractivity contribution in [2.75, 3.05) is 23.7 Å². The molecule has 2 heterocycles. The molecule has 2 N–H and O–H groups in total. The Morgan fingerprint density at radius 1 is 1.30 bits per heavy atom. The van der Waals surface area contributed by atoms with Crippen LogP contribution in [0.15, 0.2) is 12.1 Å². The van der Waals surface area contributed by atoms with Crippen LogP contribution in [0.3, 0.4) is 0 Å². The fraction of sp³-hybridized carbons (Fsp3) is 0.643. The van der Waals surface area contributed by atoms with E-state index in [0.717, 1.165) is 44.5 Å². The molecule has 2 rings (SSSR count). The molecule has 0 saturated carbocycles. The molecule has 0 spiro atoms. The summed E-state index contributed by atoms with van der Waals surface area (Å²) in [5.41, 5.74) is 4.97. The minimum Gasteiger partial charge on any atom is -0.384 e. The van der Waals surface area contributed by atoms with Gasteiger partial charge in [0.2, 0.25) is 0 Å². The summed E-state index contributed by atoms with van der Waals surface area (Å²) in [7, 11) is 0. The second-order valence-corrected chi connectivity index (χ2v) is 5.52. The van der Waals surface area contributed by atoms with Crippen LogP contribution in [0.1, 0.15) is 38.7 Å². The van der Waals surface area contributed by atoms with Gasteiger partial charge in [-0.15, -0.1) is 0 Å². The third-order valence-electron chi connectivity index (χ3n) is 4.42. The summed E-state index contributed by atoms with van der Waals surface area (Å²) < 4.78 is 38.5. The fourth-order valence-electron chi connectivity index (χ4n) is 2.82. The highest BCUT2D eigenvalue weighted by Crippen LogP contribution is 2.40. The number of nitrogens with zero attached hydrogens (tertiary/aromatic N) is 2. The predicted molar refractivity (Wildman–Crippen MR) is 73.5 cm³/mol. The van der Waals surface area contributed by atoms with Crippen LogP contribution < -0.4 is 10.6 Å². The summed E-state index contributed by atoms with van der Waals surface area (Å²) in [5, 5.41) is 0. The molecule has 1 aromatic rings. The first-order valence-electron chi connectivity index (χ1n) is 6.89. The predicted octanol–water partition coefficient (Wildman–Crippen LogP) is 3.70. The molecule has 0 unspecified atom stereocenters. The molecule has 0 amide bonds. The Balaban J connectivity index is 2.29. The van der Waals surface area contributed by atoms with Crippen LogP contribution in [0.25, 0.3) is 0 Å². The van der Waals surface area contributed by atoms with Crippen LogP contribution in [-0.2, 0) is 6.18 Å². The van der Waals surface area contributed by atoms with E-state index in [-0.39, 0.29) is 11.2 Å². The molecule has 0 atom stereocenters. The van der Waals surface area contributed by atoms with Crippen LogP contribution in [-0.4, -0.2) is 18.1 Å². The van der Waals surface area contributed by atoms with E-state index in [2.05, 4.69) is 18.8 Å².